The molecule has 5 heterocycles. The van der Waals surface area contributed by atoms with Crippen LogP contribution in [0, 0.1) is 6.92 Å². The van der Waals surface area contributed by atoms with E-state index in [0.717, 1.165) is 41.8 Å². The Morgan fingerprint density at radius 2 is 1.70 bits per heavy atom. The van der Waals surface area contributed by atoms with Crippen LogP contribution in [0.15, 0.2) is 61.2 Å². The van der Waals surface area contributed by atoms with Crippen molar-refractivity contribution in [3.8, 4) is 22.5 Å². The van der Waals surface area contributed by atoms with Crippen molar-refractivity contribution in [2.24, 2.45) is 0 Å². The lowest BCUT2D eigenvalue weighted by atomic mass is 10.0. The summed E-state index contributed by atoms with van der Waals surface area (Å²) in [7, 11) is 0. The van der Waals surface area contributed by atoms with Crippen LogP contribution in [0.25, 0.3) is 28.2 Å². The van der Waals surface area contributed by atoms with E-state index < -0.39 is 11.7 Å². The molecule has 37 heavy (non-hydrogen) atoms. The van der Waals surface area contributed by atoms with Crippen LogP contribution in [0.5, 0.6) is 0 Å². The predicted octanol–water partition coefficient (Wildman–Crippen LogP) is 3.99. The fourth-order valence-corrected chi connectivity index (χ4v) is 4.57. The lowest BCUT2D eigenvalue weighted by Gasteiger charge is -2.15. The number of likely N-dealkylation sites (tertiary alicyclic amines) is 1. The van der Waals surface area contributed by atoms with Crippen LogP contribution in [0.4, 0.5) is 8.78 Å². The Bertz CT molecular complexity index is 1540. The molecule has 0 amide bonds. The first-order valence-corrected chi connectivity index (χ1v) is 12.2. The van der Waals surface area contributed by atoms with Gasteiger partial charge in [-0.1, -0.05) is 18.2 Å². The summed E-state index contributed by atoms with van der Waals surface area (Å²) in [4.78, 5) is 11.3. The van der Waals surface area contributed by atoms with Crippen LogP contribution in [0.3, 0.4) is 0 Å². The van der Waals surface area contributed by atoms with Gasteiger partial charge in [0.25, 0.3) is 0 Å². The molecule has 1 aromatic carbocycles. The van der Waals surface area contributed by atoms with Gasteiger partial charge in [-0.25, -0.2) is 9.97 Å². The van der Waals surface area contributed by atoms with Crippen molar-refractivity contribution >= 4 is 5.65 Å². The van der Waals surface area contributed by atoms with Gasteiger partial charge in [-0.3, -0.25) is 4.68 Å². The molecule has 0 spiro atoms. The number of fused-ring (bicyclic) bond motifs is 1. The molecule has 4 aromatic heterocycles. The molecule has 188 valence electrons. The number of aromatic nitrogens is 8. The first kappa shape index (κ1) is 23.3. The molecule has 1 saturated heterocycles. The summed E-state index contributed by atoms with van der Waals surface area (Å²) in [6, 6.07) is 9.30. The second-order valence-electron chi connectivity index (χ2n) is 9.26. The summed E-state index contributed by atoms with van der Waals surface area (Å²) in [5.74, 6) is -3.61. The summed E-state index contributed by atoms with van der Waals surface area (Å²) in [6.07, 6.45) is 9.68. The van der Waals surface area contributed by atoms with Gasteiger partial charge in [0.15, 0.2) is 11.5 Å². The maximum atomic E-state index is 15.5. The normalized spacial score (nSPS) is 14.6. The monoisotopic (exact) mass is 501 g/mol. The van der Waals surface area contributed by atoms with Crippen molar-refractivity contribution in [3.63, 3.8) is 0 Å². The third-order valence-electron chi connectivity index (χ3n) is 6.62. The van der Waals surface area contributed by atoms with E-state index in [4.69, 9.17) is 0 Å². The summed E-state index contributed by atoms with van der Waals surface area (Å²) in [5.41, 5.74) is 2.81. The molecule has 5 aromatic rings. The van der Waals surface area contributed by atoms with Crippen molar-refractivity contribution in [2.75, 3.05) is 19.6 Å². The molecule has 0 N–H and O–H groups in total. The number of nitrogens with zero attached hydrogens (tertiary/aromatic N) is 9. The molecule has 0 unspecified atom stereocenters. The topological polar surface area (TPSA) is 89.9 Å². The highest BCUT2D eigenvalue weighted by atomic mass is 19.3. The molecule has 9 nitrogen and oxygen atoms in total. The number of hydrogen-bond acceptors (Lipinski definition) is 7. The molecular weight excluding hydrogens is 476 g/mol. The number of aryl methyl sites for hydroxylation is 1. The minimum absolute atomic E-state index is 0.241. The lowest BCUT2D eigenvalue weighted by molar-refractivity contribution is 0.0306. The maximum absolute atomic E-state index is 15.5. The molecule has 0 radical (unpaired) electrons. The molecule has 1 fully saturated rings. The molecular formula is C26H25F2N9. The maximum Gasteiger partial charge on any atom is 0.333 e. The molecule has 0 saturated carbocycles. The van der Waals surface area contributed by atoms with Crippen LogP contribution >= 0.6 is 0 Å². The first-order chi connectivity index (χ1) is 18.0. The zero-order valence-corrected chi connectivity index (χ0v) is 20.3. The number of halogens is 2. The lowest BCUT2D eigenvalue weighted by Crippen LogP contribution is -2.24. The van der Waals surface area contributed by atoms with Crippen LogP contribution < -0.4 is 0 Å². The Hall–Kier alpha value is -4.12. The average molecular weight is 502 g/mol. The van der Waals surface area contributed by atoms with Gasteiger partial charge in [0.05, 0.1) is 18.4 Å². The highest BCUT2D eigenvalue weighted by molar-refractivity contribution is 5.63. The summed E-state index contributed by atoms with van der Waals surface area (Å²) in [5, 5.41) is 16.2. The third-order valence-corrected chi connectivity index (χ3v) is 6.62. The van der Waals surface area contributed by atoms with Gasteiger partial charge in [-0.05, 0) is 51.1 Å². The fourth-order valence-electron chi connectivity index (χ4n) is 4.57. The minimum atomic E-state index is -3.42. The van der Waals surface area contributed by atoms with Crippen molar-refractivity contribution < 1.29 is 8.78 Å². The fraction of sp³-hybridized carbons (Fsp3) is 0.308. The Kier molecular flexibility index (Phi) is 5.91. The zero-order valence-electron chi connectivity index (χ0n) is 20.3. The van der Waals surface area contributed by atoms with Crippen molar-refractivity contribution in [3.05, 3.63) is 78.3 Å². The quantitative estimate of drug-likeness (QED) is 0.333. The largest absolute Gasteiger partial charge is 0.333 e. The van der Waals surface area contributed by atoms with E-state index in [9.17, 15) is 0 Å². The third kappa shape index (κ3) is 4.57. The Balaban J connectivity index is 1.22. The Labute approximate surface area is 211 Å². The minimum Gasteiger partial charge on any atom is -0.301 e. The standard InChI is InChI=1S/C26H25F2N9/c1-18-7-8-23-32-33-25(37(23)34-18)26(27,28)22-6-4-5-19(13-22)24-29-14-20(15-30-24)21-16-31-36(17-21)12-11-35-9-2-3-10-35/h4-8,13-17H,2-3,9-12H2,1H3. The Morgan fingerprint density at radius 1 is 0.892 bits per heavy atom. The van der Waals surface area contributed by atoms with Gasteiger partial charge >= 0.3 is 5.92 Å². The molecule has 11 heteroatoms. The van der Waals surface area contributed by atoms with Gasteiger partial charge < -0.3 is 4.90 Å². The molecule has 6 rings (SSSR count). The smallest absolute Gasteiger partial charge is 0.301 e. The van der Waals surface area contributed by atoms with E-state index >= 15 is 8.78 Å². The van der Waals surface area contributed by atoms with Gasteiger partial charge in [-0.2, -0.15) is 23.5 Å². The second-order valence-corrected chi connectivity index (χ2v) is 9.26. The predicted molar refractivity (Wildman–Crippen MR) is 133 cm³/mol. The molecule has 0 atom stereocenters. The van der Waals surface area contributed by atoms with E-state index in [1.54, 1.807) is 49.8 Å². The van der Waals surface area contributed by atoms with Crippen LogP contribution in [-0.2, 0) is 12.5 Å². The molecule has 1 aliphatic heterocycles. The number of alkyl halides is 2. The number of rotatable bonds is 7. The van der Waals surface area contributed by atoms with Gasteiger partial charge in [-0.15, -0.1) is 10.2 Å². The highest BCUT2D eigenvalue weighted by Gasteiger charge is 2.40. The van der Waals surface area contributed by atoms with E-state index in [1.807, 2.05) is 10.9 Å². The molecule has 0 aliphatic carbocycles. The number of hydrogen-bond donors (Lipinski definition) is 0. The van der Waals surface area contributed by atoms with Gasteiger partial charge in [0, 0.05) is 47.4 Å². The van der Waals surface area contributed by atoms with Crippen molar-refractivity contribution in [1.82, 2.24) is 44.5 Å². The molecule has 0 bridgehead atoms. The average Bonchev–Trinajstić information content (AvgIpc) is 3.69. The molecule has 1 aliphatic rings. The summed E-state index contributed by atoms with van der Waals surface area (Å²) >= 11 is 0. The van der Waals surface area contributed by atoms with Crippen LogP contribution in [0.1, 0.15) is 29.9 Å². The van der Waals surface area contributed by atoms with Crippen molar-refractivity contribution in [2.45, 2.75) is 32.2 Å². The van der Waals surface area contributed by atoms with Gasteiger partial charge in [0.2, 0.25) is 5.82 Å². The van der Waals surface area contributed by atoms with E-state index in [2.05, 4.69) is 35.3 Å². The van der Waals surface area contributed by atoms with E-state index in [-0.39, 0.29) is 11.2 Å². The van der Waals surface area contributed by atoms with Crippen LogP contribution in [-0.4, -0.2) is 64.1 Å². The van der Waals surface area contributed by atoms with Gasteiger partial charge in [0.1, 0.15) is 0 Å². The number of benzene rings is 1. The van der Waals surface area contributed by atoms with Crippen LogP contribution in [0.2, 0.25) is 0 Å². The zero-order chi connectivity index (χ0) is 25.4. The highest BCUT2D eigenvalue weighted by Crippen LogP contribution is 2.36. The summed E-state index contributed by atoms with van der Waals surface area (Å²) < 4.78 is 34.0. The SMILES string of the molecule is Cc1ccc2nnc(C(F)(F)c3cccc(-c4ncc(-c5cnn(CCN6CCCC6)c5)cn4)c3)n2n1. The first-order valence-electron chi connectivity index (χ1n) is 12.2. The van der Waals surface area contributed by atoms with E-state index in [1.165, 1.54) is 25.0 Å². The summed E-state index contributed by atoms with van der Waals surface area (Å²) in [6.45, 7) is 5.85. The second kappa shape index (κ2) is 9.40. The Morgan fingerprint density at radius 3 is 2.51 bits per heavy atom. The van der Waals surface area contributed by atoms with E-state index in [0.29, 0.717) is 17.1 Å². The van der Waals surface area contributed by atoms with Crippen molar-refractivity contribution in [1.29, 1.82) is 0 Å².